The van der Waals surface area contributed by atoms with E-state index in [1.807, 2.05) is 0 Å². The van der Waals surface area contributed by atoms with Gasteiger partial charge in [-0.2, -0.15) is 4.37 Å². The van der Waals surface area contributed by atoms with E-state index in [0.717, 1.165) is 11.7 Å². The van der Waals surface area contributed by atoms with E-state index in [1.165, 1.54) is 17.9 Å². The molecule has 0 spiro atoms. The van der Waals surface area contributed by atoms with Crippen LogP contribution >= 0.6 is 11.5 Å². The Labute approximate surface area is 80.2 Å². The molecule has 1 aliphatic heterocycles. The number of hydrogen-bond acceptors (Lipinski definition) is 6. The Kier molecular flexibility index (Phi) is 3.07. The van der Waals surface area contributed by atoms with E-state index in [1.54, 1.807) is 0 Å². The second-order valence-electron chi connectivity index (χ2n) is 2.70. The number of rotatable bonds is 3. The highest BCUT2D eigenvalue weighted by atomic mass is 32.1. The molecule has 1 saturated heterocycles. The van der Waals surface area contributed by atoms with Gasteiger partial charge in [-0.05, 0) is 0 Å². The van der Waals surface area contributed by atoms with E-state index in [4.69, 9.17) is 9.47 Å². The highest BCUT2D eigenvalue weighted by Gasteiger charge is 2.13. The van der Waals surface area contributed by atoms with Crippen molar-refractivity contribution in [3.63, 3.8) is 0 Å². The van der Waals surface area contributed by atoms with E-state index in [2.05, 4.69) is 14.7 Å². The van der Waals surface area contributed by atoms with Gasteiger partial charge in [0.25, 0.3) is 0 Å². The van der Waals surface area contributed by atoms with Crippen molar-refractivity contribution in [3.05, 3.63) is 6.33 Å². The van der Waals surface area contributed by atoms with Gasteiger partial charge in [0.15, 0.2) is 0 Å². The second-order valence-corrected chi connectivity index (χ2v) is 3.48. The Morgan fingerprint density at radius 3 is 3.31 bits per heavy atom. The van der Waals surface area contributed by atoms with Crippen LogP contribution in [0.4, 0.5) is 5.13 Å². The topological polar surface area (TPSA) is 56.3 Å². The molecule has 2 heterocycles. The molecule has 0 amide bonds. The van der Waals surface area contributed by atoms with Crippen LogP contribution in [0, 0.1) is 0 Å². The molecule has 6 heteroatoms. The zero-order chi connectivity index (χ0) is 8.93. The maximum absolute atomic E-state index is 5.45. The normalized spacial score (nSPS) is 22.9. The Balaban J connectivity index is 1.72. The van der Waals surface area contributed by atoms with Crippen LogP contribution in [0.25, 0.3) is 0 Å². The van der Waals surface area contributed by atoms with Crippen molar-refractivity contribution in [2.24, 2.45) is 0 Å². The van der Waals surface area contributed by atoms with Crippen LogP contribution in [0.1, 0.15) is 0 Å². The van der Waals surface area contributed by atoms with Gasteiger partial charge < -0.3 is 14.8 Å². The van der Waals surface area contributed by atoms with Gasteiger partial charge in [-0.15, -0.1) is 0 Å². The van der Waals surface area contributed by atoms with Crippen LogP contribution in [0.15, 0.2) is 6.33 Å². The summed E-state index contributed by atoms with van der Waals surface area (Å²) in [5, 5.41) is 3.96. The molecule has 1 aromatic rings. The number of nitrogens with one attached hydrogen (secondary N) is 1. The first-order valence-electron chi connectivity index (χ1n) is 4.15. The summed E-state index contributed by atoms with van der Waals surface area (Å²) in [7, 11) is 0. The molecule has 1 N–H and O–H groups in total. The van der Waals surface area contributed by atoms with Crippen molar-refractivity contribution in [2.45, 2.75) is 6.10 Å². The molecule has 1 atom stereocenters. The van der Waals surface area contributed by atoms with Crippen LogP contribution in [0.3, 0.4) is 0 Å². The van der Waals surface area contributed by atoms with Crippen LogP contribution in [0.5, 0.6) is 0 Å². The van der Waals surface area contributed by atoms with Crippen molar-refractivity contribution in [3.8, 4) is 0 Å². The minimum atomic E-state index is 0.137. The fraction of sp³-hybridized carbons (Fsp3) is 0.714. The molecule has 0 aliphatic carbocycles. The average molecular weight is 201 g/mol. The SMILES string of the molecule is c1nsc(NCC2COCCO2)n1. The van der Waals surface area contributed by atoms with Gasteiger partial charge in [0.2, 0.25) is 5.13 Å². The van der Waals surface area contributed by atoms with Crippen molar-refractivity contribution in [1.82, 2.24) is 9.36 Å². The fourth-order valence-electron chi connectivity index (χ4n) is 1.11. The summed E-state index contributed by atoms with van der Waals surface area (Å²) >= 11 is 1.34. The summed E-state index contributed by atoms with van der Waals surface area (Å²) in [5.41, 5.74) is 0. The molecule has 1 aliphatic rings. The lowest BCUT2D eigenvalue weighted by Crippen LogP contribution is -2.34. The lowest BCUT2D eigenvalue weighted by Gasteiger charge is -2.22. The molecule has 0 radical (unpaired) electrons. The number of anilines is 1. The van der Waals surface area contributed by atoms with Crippen molar-refractivity contribution >= 4 is 16.7 Å². The monoisotopic (exact) mass is 201 g/mol. The van der Waals surface area contributed by atoms with Gasteiger partial charge in [-0.3, -0.25) is 0 Å². The third-order valence-electron chi connectivity index (χ3n) is 1.73. The summed E-state index contributed by atoms with van der Waals surface area (Å²) in [6.45, 7) is 2.78. The lowest BCUT2D eigenvalue weighted by molar-refractivity contribution is -0.0818. The predicted octanol–water partition coefficient (Wildman–Crippen LogP) is 0.365. The predicted molar refractivity (Wildman–Crippen MR) is 49.0 cm³/mol. The van der Waals surface area contributed by atoms with E-state index in [-0.39, 0.29) is 6.10 Å². The van der Waals surface area contributed by atoms with Crippen molar-refractivity contribution in [2.75, 3.05) is 31.7 Å². The molecular weight excluding hydrogens is 190 g/mol. The van der Waals surface area contributed by atoms with Gasteiger partial charge in [-0.25, -0.2) is 4.98 Å². The Morgan fingerprint density at radius 2 is 2.62 bits per heavy atom. The molecule has 0 bridgehead atoms. The average Bonchev–Trinajstić information content (AvgIpc) is 2.69. The van der Waals surface area contributed by atoms with Gasteiger partial charge in [0.05, 0.1) is 25.9 Å². The summed E-state index contributed by atoms with van der Waals surface area (Å²) in [5.74, 6) is 0. The van der Waals surface area contributed by atoms with Gasteiger partial charge >= 0.3 is 0 Å². The first-order chi connectivity index (χ1) is 6.45. The minimum absolute atomic E-state index is 0.137. The van der Waals surface area contributed by atoms with Crippen LogP contribution in [0.2, 0.25) is 0 Å². The molecule has 72 valence electrons. The molecule has 2 rings (SSSR count). The maximum atomic E-state index is 5.45. The van der Waals surface area contributed by atoms with Gasteiger partial charge in [-0.1, -0.05) is 0 Å². The third kappa shape index (κ3) is 2.61. The van der Waals surface area contributed by atoms with E-state index >= 15 is 0 Å². The third-order valence-corrected chi connectivity index (χ3v) is 2.35. The molecule has 1 aromatic heterocycles. The summed E-state index contributed by atoms with van der Waals surface area (Å²) in [6.07, 6.45) is 1.67. The largest absolute Gasteiger partial charge is 0.376 e. The zero-order valence-electron chi connectivity index (χ0n) is 7.10. The quantitative estimate of drug-likeness (QED) is 0.765. The zero-order valence-corrected chi connectivity index (χ0v) is 7.92. The Morgan fingerprint density at radius 1 is 1.62 bits per heavy atom. The van der Waals surface area contributed by atoms with Gasteiger partial charge in [0, 0.05) is 18.1 Å². The lowest BCUT2D eigenvalue weighted by atomic mass is 10.3. The molecule has 0 aromatic carbocycles. The number of ether oxygens (including phenoxy) is 2. The second kappa shape index (κ2) is 4.50. The van der Waals surface area contributed by atoms with E-state index in [0.29, 0.717) is 19.8 Å². The van der Waals surface area contributed by atoms with Crippen LogP contribution in [-0.4, -0.2) is 41.8 Å². The van der Waals surface area contributed by atoms with Crippen molar-refractivity contribution in [1.29, 1.82) is 0 Å². The molecule has 5 nitrogen and oxygen atoms in total. The summed E-state index contributed by atoms with van der Waals surface area (Å²) in [6, 6.07) is 0. The molecular formula is C7H11N3O2S. The first kappa shape index (κ1) is 8.86. The summed E-state index contributed by atoms with van der Waals surface area (Å²) in [4.78, 5) is 4.00. The smallest absolute Gasteiger partial charge is 0.202 e. The first-order valence-corrected chi connectivity index (χ1v) is 4.92. The number of hydrogen-bond donors (Lipinski definition) is 1. The van der Waals surface area contributed by atoms with Crippen LogP contribution in [-0.2, 0) is 9.47 Å². The Hall–Kier alpha value is -0.720. The molecule has 1 fully saturated rings. The fourth-order valence-corrected chi connectivity index (χ4v) is 1.54. The Bertz CT molecular complexity index is 236. The molecule has 0 saturated carbocycles. The minimum Gasteiger partial charge on any atom is -0.376 e. The maximum Gasteiger partial charge on any atom is 0.202 e. The number of nitrogens with zero attached hydrogens (tertiary/aromatic N) is 2. The van der Waals surface area contributed by atoms with Crippen LogP contribution < -0.4 is 5.32 Å². The van der Waals surface area contributed by atoms with E-state index < -0.39 is 0 Å². The summed E-state index contributed by atoms with van der Waals surface area (Å²) < 4.78 is 14.6. The molecule has 1 unspecified atom stereocenters. The highest BCUT2D eigenvalue weighted by molar-refractivity contribution is 7.09. The highest BCUT2D eigenvalue weighted by Crippen LogP contribution is 2.08. The molecule has 13 heavy (non-hydrogen) atoms. The number of aromatic nitrogens is 2. The van der Waals surface area contributed by atoms with E-state index in [9.17, 15) is 0 Å². The van der Waals surface area contributed by atoms with Gasteiger partial charge in [0.1, 0.15) is 6.33 Å². The standard InChI is InChI=1S/C7H11N3O2S/c1-2-12-6(4-11-1)3-8-7-9-5-10-13-7/h5-6H,1-4H2,(H,8,9,10). The van der Waals surface area contributed by atoms with Crippen molar-refractivity contribution < 1.29 is 9.47 Å².